The van der Waals surface area contributed by atoms with Crippen LogP contribution in [0.1, 0.15) is 19.5 Å². The first-order chi connectivity index (χ1) is 8.63. The lowest BCUT2D eigenvalue weighted by Crippen LogP contribution is -2.07. The molecule has 1 aromatic heterocycles. The van der Waals surface area contributed by atoms with Crippen LogP contribution < -0.4 is 15.8 Å². The smallest absolute Gasteiger partial charge is 0.124 e. The zero-order chi connectivity index (χ0) is 13.0. The van der Waals surface area contributed by atoms with Crippen LogP contribution in [0.4, 0.5) is 11.4 Å². The molecule has 0 atom stereocenters. The van der Waals surface area contributed by atoms with Crippen LogP contribution in [0, 0.1) is 0 Å². The lowest BCUT2D eigenvalue weighted by molar-refractivity contribution is 0.242. The van der Waals surface area contributed by atoms with E-state index in [1.165, 1.54) is 0 Å². The van der Waals surface area contributed by atoms with Gasteiger partial charge in [-0.2, -0.15) is 0 Å². The molecule has 0 saturated carbocycles. The first kappa shape index (κ1) is 12.3. The highest BCUT2D eigenvalue weighted by atomic mass is 16.5. The first-order valence-corrected chi connectivity index (χ1v) is 5.84. The Bertz CT molecular complexity index is 495. The molecular formula is C13H17N3O2. The molecule has 0 spiro atoms. The first-order valence-electron chi connectivity index (χ1n) is 5.84. The second-order valence-electron chi connectivity index (χ2n) is 4.30. The molecule has 1 aromatic carbocycles. The van der Waals surface area contributed by atoms with Gasteiger partial charge in [0.25, 0.3) is 0 Å². The van der Waals surface area contributed by atoms with Gasteiger partial charge in [0.15, 0.2) is 0 Å². The van der Waals surface area contributed by atoms with Crippen LogP contribution in [0.15, 0.2) is 35.1 Å². The molecule has 0 radical (unpaired) electrons. The summed E-state index contributed by atoms with van der Waals surface area (Å²) in [7, 11) is 0. The molecule has 0 aliphatic heterocycles. The third-order valence-corrected chi connectivity index (χ3v) is 2.27. The molecule has 0 unspecified atom stereocenters. The number of hydrogen-bond acceptors (Lipinski definition) is 5. The van der Waals surface area contributed by atoms with Gasteiger partial charge in [-0.25, -0.2) is 0 Å². The van der Waals surface area contributed by atoms with E-state index in [1.807, 2.05) is 32.0 Å². The molecule has 0 saturated heterocycles. The third-order valence-electron chi connectivity index (χ3n) is 2.27. The normalized spacial score (nSPS) is 10.6. The molecule has 0 aliphatic carbocycles. The van der Waals surface area contributed by atoms with E-state index in [0.29, 0.717) is 12.2 Å². The summed E-state index contributed by atoms with van der Waals surface area (Å²) in [6, 6.07) is 7.38. The molecule has 96 valence electrons. The quantitative estimate of drug-likeness (QED) is 0.794. The van der Waals surface area contributed by atoms with E-state index in [-0.39, 0.29) is 6.10 Å². The van der Waals surface area contributed by atoms with E-state index in [9.17, 15) is 0 Å². The molecular weight excluding hydrogens is 230 g/mol. The van der Waals surface area contributed by atoms with Gasteiger partial charge < -0.3 is 20.3 Å². The molecule has 2 aromatic rings. The Labute approximate surface area is 106 Å². The minimum Gasteiger partial charge on any atom is -0.491 e. The summed E-state index contributed by atoms with van der Waals surface area (Å²) in [5.41, 5.74) is 8.23. The second kappa shape index (κ2) is 5.44. The van der Waals surface area contributed by atoms with Gasteiger partial charge >= 0.3 is 0 Å². The molecule has 18 heavy (non-hydrogen) atoms. The van der Waals surface area contributed by atoms with Crippen molar-refractivity contribution in [2.45, 2.75) is 26.5 Å². The fourth-order valence-electron chi connectivity index (χ4n) is 1.59. The van der Waals surface area contributed by atoms with Crippen molar-refractivity contribution in [1.29, 1.82) is 0 Å². The van der Waals surface area contributed by atoms with E-state index in [2.05, 4.69) is 10.5 Å². The SMILES string of the molecule is CC(C)Oc1cc(N)cc(NCc2ccon2)c1. The summed E-state index contributed by atoms with van der Waals surface area (Å²) in [6.45, 7) is 4.54. The summed E-state index contributed by atoms with van der Waals surface area (Å²) >= 11 is 0. The van der Waals surface area contributed by atoms with Crippen molar-refractivity contribution in [1.82, 2.24) is 5.16 Å². The second-order valence-corrected chi connectivity index (χ2v) is 4.30. The summed E-state index contributed by atoms with van der Waals surface area (Å²) in [5, 5.41) is 7.04. The van der Waals surface area contributed by atoms with Crippen LogP contribution in [-0.4, -0.2) is 11.3 Å². The highest BCUT2D eigenvalue weighted by molar-refractivity contribution is 5.59. The van der Waals surface area contributed by atoms with E-state index in [1.54, 1.807) is 12.3 Å². The maximum atomic E-state index is 5.83. The number of nitrogen functional groups attached to an aromatic ring is 1. The fourth-order valence-corrected chi connectivity index (χ4v) is 1.59. The number of hydrogen-bond donors (Lipinski definition) is 2. The third kappa shape index (κ3) is 3.41. The minimum absolute atomic E-state index is 0.121. The van der Waals surface area contributed by atoms with Crippen LogP contribution in [0.25, 0.3) is 0 Å². The number of aromatic nitrogens is 1. The van der Waals surface area contributed by atoms with E-state index >= 15 is 0 Å². The van der Waals surface area contributed by atoms with Gasteiger partial charge in [-0.15, -0.1) is 0 Å². The highest BCUT2D eigenvalue weighted by Gasteiger charge is 2.03. The number of ether oxygens (including phenoxy) is 1. The zero-order valence-corrected chi connectivity index (χ0v) is 10.5. The number of benzene rings is 1. The largest absolute Gasteiger partial charge is 0.491 e. The van der Waals surface area contributed by atoms with Crippen LogP contribution >= 0.6 is 0 Å². The maximum absolute atomic E-state index is 5.83. The van der Waals surface area contributed by atoms with Crippen LogP contribution in [0.5, 0.6) is 5.75 Å². The number of nitrogens with one attached hydrogen (secondary N) is 1. The molecule has 0 bridgehead atoms. The average molecular weight is 247 g/mol. The number of nitrogens with zero attached hydrogens (tertiary/aromatic N) is 1. The molecule has 0 aliphatic rings. The summed E-state index contributed by atoms with van der Waals surface area (Å²) < 4.78 is 10.4. The van der Waals surface area contributed by atoms with Crippen molar-refractivity contribution in [3.8, 4) is 5.75 Å². The molecule has 3 N–H and O–H groups in total. The van der Waals surface area contributed by atoms with Crippen LogP contribution in [0.3, 0.4) is 0 Å². The molecule has 2 rings (SSSR count). The van der Waals surface area contributed by atoms with E-state index in [4.69, 9.17) is 15.0 Å². The Morgan fingerprint density at radius 3 is 2.89 bits per heavy atom. The standard InChI is InChI=1S/C13H17N3O2/c1-9(2)18-13-6-10(14)5-12(7-13)15-8-11-3-4-17-16-11/h3-7,9,15H,8,14H2,1-2H3. The Kier molecular flexibility index (Phi) is 3.72. The summed E-state index contributed by atoms with van der Waals surface area (Å²) in [6.07, 6.45) is 1.67. The van der Waals surface area contributed by atoms with E-state index < -0.39 is 0 Å². The van der Waals surface area contributed by atoms with Crippen molar-refractivity contribution >= 4 is 11.4 Å². The van der Waals surface area contributed by atoms with Gasteiger partial charge in [0.2, 0.25) is 0 Å². The predicted molar refractivity (Wildman–Crippen MR) is 70.4 cm³/mol. The predicted octanol–water partition coefficient (Wildman–Crippen LogP) is 2.66. The lowest BCUT2D eigenvalue weighted by Gasteiger charge is -2.12. The number of nitrogens with two attached hydrogens (primary N) is 1. The van der Waals surface area contributed by atoms with Gasteiger partial charge in [-0.3, -0.25) is 0 Å². The fraction of sp³-hybridized carbons (Fsp3) is 0.308. The van der Waals surface area contributed by atoms with Gasteiger partial charge in [0.1, 0.15) is 17.7 Å². The Hall–Kier alpha value is -2.17. The molecule has 1 heterocycles. The zero-order valence-electron chi connectivity index (χ0n) is 10.5. The average Bonchev–Trinajstić information content (AvgIpc) is 2.77. The maximum Gasteiger partial charge on any atom is 0.124 e. The van der Waals surface area contributed by atoms with Crippen molar-refractivity contribution in [3.05, 3.63) is 36.2 Å². The lowest BCUT2D eigenvalue weighted by atomic mass is 10.2. The molecule has 5 nitrogen and oxygen atoms in total. The van der Waals surface area contributed by atoms with Crippen molar-refractivity contribution in [2.24, 2.45) is 0 Å². The topological polar surface area (TPSA) is 73.3 Å². The molecule has 0 fully saturated rings. The van der Waals surface area contributed by atoms with Crippen molar-refractivity contribution < 1.29 is 9.26 Å². The van der Waals surface area contributed by atoms with Gasteiger partial charge in [0, 0.05) is 29.6 Å². The molecule has 0 amide bonds. The van der Waals surface area contributed by atoms with Crippen molar-refractivity contribution in [3.63, 3.8) is 0 Å². The Balaban J connectivity index is 2.05. The van der Waals surface area contributed by atoms with E-state index in [0.717, 1.165) is 17.1 Å². The summed E-state index contributed by atoms with van der Waals surface area (Å²) in [4.78, 5) is 0. The summed E-state index contributed by atoms with van der Waals surface area (Å²) in [5.74, 6) is 0.757. The molecule has 5 heteroatoms. The Morgan fingerprint density at radius 1 is 1.39 bits per heavy atom. The number of anilines is 2. The van der Waals surface area contributed by atoms with Crippen molar-refractivity contribution in [2.75, 3.05) is 11.1 Å². The monoisotopic (exact) mass is 247 g/mol. The Morgan fingerprint density at radius 2 is 2.22 bits per heavy atom. The van der Waals surface area contributed by atoms with Crippen LogP contribution in [-0.2, 0) is 6.54 Å². The number of rotatable bonds is 5. The van der Waals surface area contributed by atoms with Gasteiger partial charge in [-0.1, -0.05) is 5.16 Å². The van der Waals surface area contributed by atoms with Gasteiger partial charge in [0.05, 0.1) is 12.6 Å². The highest BCUT2D eigenvalue weighted by Crippen LogP contribution is 2.23. The van der Waals surface area contributed by atoms with Crippen LogP contribution in [0.2, 0.25) is 0 Å². The minimum atomic E-state index is 0.121. The van der Waals surface area contributed by atoms with Gasteiger partial charge in [-0.05, 0) is 19.9 Å².